The van der Waals surface area contributed by atoms with E-state index in [1.54, 1.807) is 0 Å². The zero-order valence-corrected chi connectivity index (χ0v) is 12.6. The number of nitrogens with zero attached hydrogens (tertiary/aromatic N) is 2. The van der Waals surface area contributed by atoms with Gasteiger partial charge in [0.05, 0.1) is 0 Å². The topological polar surface area (TPSA) is 32.8 Å². The van der Waals surface area contributed by atoms with Crippen molar-refractivity contribution in [3.63, 3.8) is 0 Å². The molecule has 0 aromatic heterocycles. The first-order chi connectivity index (χ1) is 9.60. The summed E-state index contributed by atoms with van der Waals surface area (Å²) in [4.78, 5) is 16.6. The summed E-state index contributed by atoms with van der Waals surface area (Å²) in [6, 6.07) is 7.82. The molecule has 0 aliphatic carbocycles. The number of carbonyl (C=O) groups is 1. The fourth-order valence-electron chi connectivity index (χ4n) is 2.48. The predicted molar refractivity (Wildman–Crippen MR) is 80.0 cm³/mol. The average Bonchev–Trinajstić information content (AvgIpc) is 2.46. The molecule has 1 atom stereocenters. The highest BCUT2D eigenvalue weighted by Crippen LogP contribution is 2.15. The molecule has 0 bridgehead atoms. The van der Waals surface area contributed by atoms with Gasteiger partial charge in [0, 0.05) is 26.2 Å². The molecule has 4 nitrogen and oxygen atoms in total. The Hall–Kier alpha value is -1.55. The van der Waals surface area contributed by atoms with Crippen molar-refractivity contribution in [3.8, 4) is 5.75 Å². The average molecular weight is 276 g/mol. The molecule has 0 unspecified atom stereocenters. The van der Waals surface area contributed by atoms with Crippen LogP contribution in [-0.4, -0.2) is 54.5 Å². The van der Waals surface area contributed by atoms with E-state index in [0.29, 0.717) is 0 Å². The van der Waals surface area contributed by atoms with Crippen LogP contribution in [0.15, 0.2) is 24.3 Å². The lowest BCUT2D eigenvalue weighted by atomic mass is 10.2. The number of carbonyl (C=O) groups excluding carboxylic acids is 1. The van der Waals surface area contributed by atoms with Gasteiger partial charge in [0.1, 0.15) is 5.75 Å². The molecule has 4 heteroatoms. The quantitative estimate of drug-likeness (QED) is 0.842. The van der Waals surface area contributed by atoms with Crippen molar-refractivity contribution in [1.82, 2.24) is 9.80 Å². The van der Waals surface area contributed by atoms with E-state index in [-0.39, 0.29) is 5.91 Å². The molecule has 0 saturated carbocycles. The van der Waals surface area contributed by atoms with E-state index in [9.17, 15) is 4.79 Å². The number of likely N-dealkylation sites (N-methyl/N-ethyl adjacent to an activating group) is 1. The van der Waals surface area contributed by atoms with Crippen molar-refractivity contribution in [2.24, 2.45) is 0 Å². The van der Waals surface area contributed by atoms with Crippen LogP contribution < -0.4 is 4.74 Å². The minimum absolute atomic E-state index is 0.0854. The van der Waals surface area contributed by atoms with Crippen molar-refractivity contribution >= 4 is 5.91 Å². The fourth-order valence-corrected chi connectivity index (χ4v) is 2.48. The van der Waals surface area contributed by atoms with E-state index < -0.39 is 6.10 Å². The molecule has 1 fully saturated rings. The van der Waals surface area contributed by atoms with Crippen LogP contribution in [0.4, 0.5) is 0 Å². The Morgan fingerprint density at radius 1 is 1.30 bits per heavy atom. The van der Waals surface area contributed by atoms with Gasteiger partial charge in [-0.25, -0.2) is 0 Å². The maximum atomic E-state index is 12.4. The van der Waals surface area contributed by atoms with Crippen molar-refractivity contribution in [2.45, 2.75) is 26.9 Å². The maximum absolute atomic E-state index is 12.4. The molecule has 110 valence electrons. The van der Waals surface area contributed by atoms with E-state index in [4.69, 9.17) is 4.74 Å². The van der Waals surface area contributed by atoms with Crippen molar-refractivity contribution < 1.29 is 9.53 Å². The number of ether oxygens (including phenoxy) is 1. The standard InChI is InChI=1S/C16H24N2O2/c1-4-17-8-10-18(11-9-17)16(19)14(3)20-15-7-5-6-13(2)12-15/h5-7,12,14H,4,8-11H2,1-3H3/t14-/m1/s1. The third-order valence-electron chi connectivity index (χ3n) is 3.78. The summed E-state index contributed by atoms with van der Waals surface area (Å²) in [5, 5.41) is 0. The molecule has 1 aliphatic heterocycles. The lowest BCUT2D eigenvalue weighted by Crippen LogP contribution is -2.51. The highest BCUT2D eigenvalue weighted by Gasteiger charge is 2.25. The number of benzene rings is 1. The van der Waals surface area contributed by atoms with Gasteiger partial charge in [0.25, 0.3) is 5.91 Å². The summed E-state index contributed by atoms with van der Waals surface area (Å²) >= 11 is 0. The van der Waals surface area contributed by atoms with Crippen LogP contribution >= 0.6 is 0 Å². The second-order valence-electron chi connectivity index (χ2n) is 5.34. The predicted octanol–water partition coefficient (Wildman–Crippen LogP) is 1.93. The Morgan fingerprint density at radius 2 is 2.00 bits per heavy atom. The van der Waals surface area contributed by atoms with E-state index in [1.165, 1.54) is 0 Å². The van der Waals surface area contributed by atoms with Crippen LogP contribution in [0.25, 0.3) is 0 Å². The van der Waals surface area contributed by atoms with Crippen molar-refractivity contribution in [3.05, 3.63) is 29.8 Å². The smallest absolute Gasteiger partial charge is 0.263 e. The Labute approximate surface area is 121 Å². The molecule has 0 spiro atoms. The molecule has 20 heavy (non-hydrogen) atoms. The summed E-state index contributed by atoms with van der Waals surface area (Å²) in [7, 11) is 0. The Balaban J connectivity index is 1.89. The van der Waals surface area contributed by atoms with Crippen LogP contribution in [0, 0.1) is 6.92 Å². The number of hydrogen-bond donors (Lipinski definition) is 0. The van der Waals surface area contributed by atoms with Crippen molar-refractivity contribution in [1.29, 1.82) is 0 Å². The molecule has 2 rings (SSSR count). The van der Waals surface area contributed by atoms with Crippen molar-refractivity contribution in [2.75, 3.05) is 32.7 Å². The van der Waals surface area contributed by atoms with Gasteiger partial charge in [-0.05, 0) is 38.1 Å². The molecule has 0 N–H and O–H groups in total. The van der Waals surface area contributed by atoms with E-state index >= 15 is 0 Å². The van der Waals surface area contributed by atoms with E-state index in [1.807, 2.05) is 43.0 Å². The van der Waals surface area contributed by atoms with Crippen LogP contribution in [-0.2, 0) is 4.79 Å². The van der Waals surface area contributed by atoms with Gasteiger partial charge in [-0.1, -0.05) is 19.1 Å². The summed E-state index contributed by atoms with van der Waals surface area (Å²) in [5.74, 6) is 0.848. The molecular formula is C16H24N2O2. The van der Waals surface area contributed by atoms with Gasteiger partial charge >= 0.3 is 0 Å². The first-order valence-electron chi connectivity index (χ1n) is 7.34. The third kappa shape index (κ3) is 3.73. The first kappa shape index (κ1) is 14.9. The molecule has 1 saturated heterocycles. The second kappa shape index (κ2) is 6.75. The lowest BCUT2D eigenvalue weighted by molar-refractivity contribution is -0.139. The van der Waals surface area contributed by atoms with Gasteiger partial charge in [0.2, 0.25) is 0 Å². The van der Waals surface area contributed by atoms with Gasteiger partial charge < -0.3 is 14.5 Å². The Morgan fingerprint density at radius 3 is 2.60 bits per heavy atom. The van der Waals surface area contributed by atoms with E-state index in [2.05, 4.69) is 11.8 Å². The monoisotopic (exact) mass is 276 g/mol. The number of rotatable bonds is 4. The SMILES string of the molecule is CCN1CCN(C(=O)[C@@H](C)Oc2cccc(C)c2)CC1. The summed E-state index contributed by atoms with van der Waals surface area (Å²) in [6.07, 6.45) is -0.426. The molecule has 1 amide bonds. The molecule has 1 aliphatic rings. The molecule has 1 aromatic carbocycles. The number of hydrogen-bond acceptors (Lipinski definition) is 3. The highest BCUT2D eigenvalue weighted by atomic mass is 16.5. The normalized spacial score (nSPS) is 17.9. The molecule has 1 aromatic rings. The zero-order chi connectivity index (χ0) is 14.5. The van der Waals surface area contributed by atoms with Crippen LogP contribution in [0.2, 0.25) is 0 Å². The highest BCUT2D eigenvalue weighted by molar-refractivity contribution is 5.81. The summed E-state index contributed by atoms with van der Waals surface area (Å²) in [6.45, 7) is 10.6. The van der Waals surface area contributed by atoms with Gasteiger partial charge in [-0.3, -0.25) is 4.79 Å². The molecular weight excluding hydrogens is 252 g/mol. The van der Waals surface area contributed by atoms with E-state index in [0.717, 1.165) is 44.0 Å². The van der Waals surface area contributed by atoms with Crippen LogP contribution in [0.1, 0.15) is 19.4 Å². The summed E-state index contributed by atoms with van der Waals surface area (Å²) in [5.41, 5.74) is 1.14. The third-order valence-corrected chi connectivity index (χ3v) is 3.78. The minimum atomic E-state index is -0.426. The first-order valence-corrected chi connectivity index (χ1v) is 7.34. The molecule has 1 heterocycles. The summed E-state index contributed by atoms with van der Waals surface area (Å²) < 4.78 is 5.76. The van der Waals surface area contributed by atoms with Crippen LogP contribution in [0.3, 0.4) is 0 Å². The maximum Gasteiger partial charge on any atom is 0.263 e. The number of piperazine rings is 1. The zero-order valence-electron chi connectivity index (χ0n) is 12.6. The van der Waals surface area contributed by atoms with Crippen LogP contribution in [0.5, 0.6) is 5.75 Å². The second-order valence-corrected chi connectivity index (χ2v) is 5.34. The fraction of sp³-hybridized carbons (Fsp3) is 0.562. The minimum Gasteiger partial charge on any atom is -0.481 e. The number of amides is 1. The van der Waals surface area contributed by atoms with Gasteiger partial charge in [-0.2, -0.15) is 0 Å². The number of aryl methyl sites for hydroxylation is 1. The largest absolute Gasteiger partial charge is 0.481 e. The lowest BCUT2D eigenvalue weighted by Gasteiger charge is -2.35. The molecule has 0 radical (unpaired) electrons. The van der Waals surface area contributed by atoms with Gasteiger partial charge in [0.15, 0.2) is 6.10 Å². The Bertz CT molecular complexity index is 454. The van der Waals surface area contributed by atoms with Gasteiger partial charge in [-0.15, -0.1) is 0 Å². The Kier molecular flexibility index (Phi) is 5.01.